The van der Waals surface area contributed by atoms with Crippen molar-refractivity contribution in [1.29, 1.82) is 0 Å². The van der Waals surface area contributed by atoms with Gasteiger partial charge in [0.2, 0.25) is 17.7 Å². The Bertz CT molecular complexity index is 1140. The first kappa shape index (κ1) is 20.6. The first-order chi connectivity index (χ1) is 15.6. The number of hydrogen-bond donors (Lipinski definition) is 0. The number of rotatable bonds is 6. The van der Waals surface area contributed by atoms with Crippen molar-refractivity contribution in [3.63, 3.8) is 0 Å². The SMILES string of the molecule is O=C1[C@H]2CC=CC[C@@H]2C(=O)N1CC(=O)N(CCc1ccccc1)c1nc2ccccc2s1. The van der Waals surface area contributed by atoms with Gasteiger partial charge in [-0.25, -0.2) is 4.98 Å². The normalized spacial score (nSPS) is 20.1. The molecule has 32 heavy (non-hydrogen) atoms. The lowest BCUT2D eigenvalue weighted by Gasteiger charge is -2.23. The maximum absolute atomic E-state index is 13.4. The van der Waals surface area contributed by atoms with Gasteiger partial charge in [-0.1, -0.05) is 66.0 Å². The molecule has 7 heteroatoms. The van der Waals surface area contributed by atoms with Gasteiger partial charge in [-0.2, -0.15) is 0 Å². The number of likely N-dealkylation sites (tertiary alicyclic amines) is 1. The van der Waals surface area contributed by atoms with E-state index in [1.54, 1.807) is 4.90 Å². The van der Waals surface area contributed by atoms with Crippen LogP contribution in [-0.4, -0.2) is 40.7 Å². The molecule has 1 aromatic heterocycles. The Hall–Kier alpha value is -3.32. The molecule has 0 radical (unpaired) electrons. The lowest BCUT2D eigenvalue weighted by atomic mass is 9.85. The molecule has 6 nitrogen and oxygen atoms in total. The fourth-order valence-electron chi connectivity index (χ4n) is 4.43. The average molecular weight is 446 g/mol. The minimum absolute atomic E-state index is 0.231. The minimum atomic E-state index is -0.333. The van der Waals surface area contributed by atoms with Gasteiger partial charge in [0, 0.05) is 6.54 Å². The van der Waals surface area contributed by atoms with Crippen LogP contribution in [-0.2, 0) is 20.8 Å². The monoisotopic (exact) mass is 445 g/mol. The topological polar surface area (TPSA) is 70.6 Å². The second-order valence-corrected chi connectivity index (χ2v) is 9.17. The largest absolute Gasteiger partial charge is 0.286 e. The van der Waals surface area contributed by atoms with Gasteiger partial charge in [-0.15, -0.1) is 0 Å². The zero-order valence-electron chi connectivity index (χ0n) is 17.5. The molecular formula is C25H23N3O3S. The Morgan fingerprint density at radius 1 is 0.969 bits per heavy atom. The first-order valence-electron chi connectivity index (χ1n) is 10.8. The molecule has 0 bridgehead atoms. The van der Waals surface area contributed by atoms with E-state index in [0.29, 0.717) is 30.9 Å². The Labute approximate surface area is 190 Å². The minimum Gasteiger partial charge on any atom is -0.286 e. The number of nitrogens with zero attached hydrogens (tertiary/aromatic N) is 3. The van der Waals surface area contributed by atoms with Gasteiger partial charge in [-0.05, 0) is 37.0 Å². The van der Waals surface area contributed by atoms with Crippen molar-refractivity contribution in [1.82, 2.24) is 9.88 Å². The van der Waals surface area contributed by atoms with Crippen molar-refractivity contribution in [2.75, 3.05) is 18.0 Å². The third-order valence-corrected chi connectivity index (χ3v) is 7.23. The van der Waals surface area contributed by atoms with E-state index in [4.69, 9.17) is 0 Å². The van der Waals surface area contributed by atoms with Crippen LogP contribution in [0.5, 0.6) is 0 Å². The zero-order valence-corrected chi connectivity index (χ0v) is 18.3. The van der Waals surface area contributed by atoms with E-state index in [1.165, 1.54) is 11.3 Å². The van der Waals surface area contributed by atoms with Gasteiger partial charge in [0.15, 0.2) is 5.13 Å². The highest BCUT2D eigenvalue weighted by Crippen LogP contribution is 2.35. The van der Waals surface area contributed by atoms with Crippen molar-refractivity contribution < 1.29 is 14.4 Å². The van der Waals surface area contributed by atoms with E-state index in [0.717, 1.165) is 20.7 Å². The van der Waals surface area contributed by atoms with Crippen LogP contribution in [0.4, 0.5) is 5.13 Å². The number of hydrogen-bond acceptors (Lipinski definition) is 5. The molecule has 0 N–H and O–H groups in total. The maximum Gasteiger partial charge on any atom is 0.248 e. The summed E-state index contributed by atoms with van der Waals surface area (Å²) >= 11 is 1.44. The Balaban J connectivity index is 1.39. The second-order valence-electron chi connectivity index (χ2n) is 8.16. The van der Waals surface area contributed by atoms with Gasteiger partial charge in [0.05, 0.1) is 22.1 Å². The highest BCUT2D eigenvalue weighted by Gasteiger charge is 2.48. The van der Waals surface area contributed by atoms with Crippen LogP contribution in [0.3, 0.4) is 0 Å². The number of para-hydroxylation sites is 1. The maximum atomic E-state index is 13.4. The van der Waals surface area contributed by atoms with Crippen molar-refractivity contribution in [3.05, 3.63) is 72.3 Å². The smallest absolute Gasteiger partial charge is 0.248 e. The van der Waals surface area contributed by atoms with E-state index in [-0.39, 0.29) is 36.1 Å². The fourth-order valence-corrected chi connectivity index (χ4v) is 5.44. The number of benzene rings is 2. The van der Waals surface area contributed by atoms with Crippen molar-refractivity contribution in [2.24, 2.45) is 11.8 Å². The number of allylic oxidation sites excluding steroid dienone is 2. The summed E-state index contributed by atoms with van der Waals surface area (Å²) in [4.78, 5) is 46.6. The molecular weight excluding hydrogens is 422 g/mol. The van der Waals surface area contributed by atoms with Crippen molar-refractivity contribution in [2.45, 2.75) is 19.3 Å². The molecule has 1 fully saturated rings. The first-order valence-corrected chi connectivity index (χ1v) is 11.6. The predicted molar refractivity (Wildman–Crippen MR) is 124 cm³/mol. The van der Waals surface area contributed by atoms with Gasteiger partial charge < -0.3 is 0 Å². The van der Waals surface area contributed by atoms with Crippen LogP contribution >= 0.6 is 11.3 Å². The molecule has 1 aliphatic heterocycles. The van der Waals surface area contributed by atoms with E-state index in [2.05, 4.69) is 4.98 Å². The molecule has 3 aromatic rings. The standard InChI is InChI=1S/C25H23N3O3S/c29-22(16-28-23(30)18-10-4-5-11-19(18)24(28)31)27(15-14-17-8-2-1-3-9-17)25-26-20-12-6-7-13-21(20)32-25/h1-9,12-13,18-19H,10-11,14-16H2/t18-,19-/m0/s1. The van der Waals surface area contributed by atoms with Crippen LogP contribution in [0, 0.1) is 11.8 Å². The summed E-state index contributed by atoms with van der Waals surface area (Å²) in [6.45, 7) is 0.183. The summed E-state index contributed by atoms with van der Waals surface area (Å²) in [6.07, 6.45) is 5.68. The molecule has 2 heterocycles. The van der Waals surface area contributed by atoms with Gasteiger partial charge >= 0.3 is 0 Å². The summed E-state index contributed by atoms with van der Waals surface area (Å²) in [5, 5.41) is 0.588. The van der Waals surface area contributed by atoms with Crippen LogP contribution < -0.4 is 4.90 Å². The number of aromatic nitrogens is 1. The van der Waals surface area contributed by atoms with Gasteiger partial charge in [0.25, 0.3) is 0 Å². The molecule has 162 valence electrons. The number of fused-ring (bicyclic) bond motifs is 2. The van der Waals surface area contributed by atoms with E-state index in [1.807, 2.05) is 66.7 Å². The third-order valence-electron chi connectivity index (χ3n) is 6.17. The Morgan fingerprint density at radius 3 is 2.31 bits per heavy atom. The Morgan fingerprint density at radius 2 is 1.62 bits per heavy atom. The number of carbonyl (C=O) groups is 3. The zero-order chi connectivity index (χ0) is 22.1. The molecule has 2 atom stereocenters. The summed E-state index contributed by atoms with van der Waals surface area (Å²) in [5.74, 6) is -1.41. The number of thiazole rings is 1. The lowest BCUT2D eigenvalue weighted by molar-refractivity contribution is -0.143. The fraction of sp³-hybridized carbons (Fsp3) is 0.280. The summed E-state index contributed by atoms with van der Waals surface area (Å²) in [7, 11) is 0. The quantitative estimate of drug-likeness (QED) is 0.427. The third kappa shape index (κ3) is 3.84. The van der Waals surface area contributed by atoms with Crippen molar-refractivity contribution >= 4 is 44.4 Å². The van der Waals surface area contributed by atoms with Crippen LogP contribution in [0.1, 0.15) is 18.4 Å². The van der Waals surface area contributed by atoms with Crippen LogP contribution in [0.15, 0.2) is 66.7 Å². The molecule has 2 aliphatic rings. The second kappa shape index (κ2) is 8.67. The number of anilines is 1. The van der Waals surface area contributed by atoms with Crippen LogP contribution in [0.2, 0.25) is 0 Å². The number of imide groups is 1. The average Bonchev–Trinajstić information content (AvgIpc) is 3.35. The number of amides is 3. The summed E-state index contributed by atoms with van der Waals surface area (Å²) in [6, 6.07) is 17.7. The van der Waals surface area contributed by atoms with E-state index in [9.17, 15) is 14.4 Å². The lowest BCUT2D eigenvalue weighted by Crippen LogP contribution is -2.44. The highest BCUT2D eigenvalue weighted by molar-refractivity contribution is 7.22. The molecule has 0 unspecified atom stereocenters. The van der Waals surface area contributed by atoms with Crippen LogP contribution in [0.25, 0.3) is 10.2 Å². The van der Waals surface area contributed by atoms with Gasteiger partial charge in [0.1, 0.15) is 6.54 Å². The summed E-state index contributed by atoms with van der Waals surface area (Å²) < 4.78 is 0.991. The Kier molecular flexibility index (Phi) is 5.57. The molecule has 2 aromatic carbocycles. The van der Waals surface area contributed by atoms with Gasteiger partial charge in [-0.3, -0.25) is 24.2 Å². The summed E-state index contributed by atoms with van der Waals surface area (Å²) in [5.41, 5.74) is 1.94. The highest BCUT2D eigenvalue weighted by atomic mass is 32.1. The number of carbonyl (C=O) groups excluding carboxylic acids is 3. The predicted octanol–water partition coefficient (Wildman–Crippen LogP) is 3.82. The molecule has 1 aliphatic carbocycles. The van der Waals surface area contributed by atoms with E-state index >= 15 is 0 Å². The molecule has 0 saturated carbocycles. The molecule has 3 amide bonds. The molecule has 0 spiro atoms. The van der Waals surface area contributed by atoms with Crippen molar-refractivity contribution in [3.8, 4) is 0 Å². The molecule has 1 saturated heterocycles. The molecule has 5 rings (SSSR count). The van der Waals surface area contributed by atoms with E-state index < -0.39 is 0 Å².